The molecule has 0 saturated carbocycles. The highest BCUT2D eigenvalue weighted by atomic mass is 16.2. The van der Waals surface area contributed by atoms with E-state index in [0.29, 0.717) is 12.1 Å². The van der Waals surface area contributed by atoms with Gasteiger partial charge in [-0.25, -0.2) is 4.79 Å². The van der Waals surface area contributed by atoms with E-state index in [4.69, 9.17) is 5.73 Å². The molecular formula is C19H23N3O2. The molecule has 0 heterocycles. The molecule has 0 unspecified atom stereocenters. The topological polar surface area (TPSA) is 84.2 Å². The van der Waals surface area contributed by atoms with Crippen LogP contribution in [0.5, 0.6) is 0 Å². The lowest BCUT2D eigenvalue weighted by Crippen LogP contribution is -2.36. The van der Waals surface area contributed by atoms with Gasteiger partial charge in [0.2, 0.25) is 5.91 Å². The second kappa shape index (κ2) is 7.64. The Balaban J connectivity index is 1.93. The Labute approximate surface area is 142 Å². The van der Waals surface area contributed by atoms with Crippen molar-refractivity contribution in [2.45, 2.75) is 33.4 Å². The predicted octanol–water partition coefficient (Wildman–Crippen LogP) is 2.96. The van der Waals surface area contributed by atoms with Crippen LogP contribution in [0, 0.1) is 13.8 Å². The molecule has 126 valence electrons. The third-order valence-electron chi connectivity index (χ3n) is 3.76. The zero-order chi connectivity index (χ0) is 17.7. The first-order valence-electron chi connectivity index (χ1n) is 7.86. The van der Waals surface area contributed by atoms with Crippen molar-refractivity contribution in [3.8, 4) is 0 Å². The SMILES string of the molecule is Cc1cc(C)cc([C@H](C)NC(=O)NCc2cccc(C(N)=O)c2)c1. The van der Waals surface area contributed by atoms with Gasteiger partial charge in [-0.3, -0.25) is 4.79 Å². The van der Waals surface area contributed by atoms with Crippen LogP contribution in [0.25, 0.3) is 0 Å². The van der Waals surface area contributed by atoms with E-state index in [1.54, 1.807) is 18.2 Å². The summed E-state index contributed by atoms with van der Waals surface area (Å²) in [6.45, 7) is 6.35. The van der Waals surface area contributed by atoms with Gasteiger partial charge in [-0.15, -0.1) is 0 Å². The van der Waals surface area contributed by atoms with Crippen LogP contribution < -0.4 is 16.4 Å². The maximum absolute atomic E-state index is 12.1. The molecule has 0 aliphatic carbocycles. The molecular weight excluding hydrogens is 302 g/mol. The molecule has 5 nitrogen and oxygen atoms in total. The first-order chi connectivity index (χ1) is 11.3. The van der Waals surface area contributed by atoms with Crippen LogP contribution in [0.1, 0.15) is 45.6 Å². The smallest absolute Gasteiger partial charge is 0.315 e. The maximum Gasteiger partial charge on any atom is 0.315 e. The number of carbonyl (C=O) groups is 2. The highest BCUT2D eigenvalue weighted by Gasteiger charge is 2.10. The minimum atomic E-state index is -0.482. The molecule has 0 aromatic heterocycles. The van der Waals surface area contributed by atoms with Crippen molar-refractivity contribution < 1.29 is 9.59 Å². The lowest BCUT2D eigenvalue weighted by Gasteiger charge is -2.16. The Hall–Kier alpha value is -2.82. The van der Waals surface area contributed by atoms with Gasteiger partial charge in [0.25, 0.3) is 0 Å². The second-order valence-corrected chi connectivity index (χ2v) is 6.03. The summed E-state index contributed by atoms with van der Waals surface area (Å²) >= 11 is 0. The molecule has 0 spiro atoms. The molecule has 5 heteroatoms. The minimum Gasteiger partial charge on any atom is -0.366 e. The fourth-order valence-electron chi connectivity index (χ4n) is 2.61. The van der Waals surface area contributed by atoms with E-state index in [9.17, 15) is 9.59 Å². The highest BCUT2D eigenvalue weighted by Crippen LogP contribution is 2.16. The molecule has 0 fully saturated rings. The normalized spacial score (nSPS) is 11.6. The number of amides is 3. The summed E-state index contributed by atoms with van der Waals surface area (Å²) in [5.74, 6) is -0.482. The van der Waals surface area contributed by atoms with Crippen LogP contribution >= 0.6 is 0 Å². The molecule has 0 bridgehead atoms. The zero-order valence-corrected chi connectivity index (χ0v) is 14.2. The van der Waals surface area contributed by atoms with Gasteiger partial charge in [-0.2, -0.15) is 0 Å². The van der Waals surface area contributed by atoms with Crippen LogP contribution in [0.4, 0.5) is 4.79 Å². The van der Waals surface area contributed by atoms with Crippen LogP contribution in [0.2, 0.25) is 0 Å². The first-order valence-corrected chi connectivity index (χ1v) is 7.86. The summed E-state index contributed by atoms with van der Waals surface area (Å²) in [5, 5.41) is 5.71. The largest absolute Gasteiger partial charge is 0.366 e. The van der Waals surface area contributed by atoms with Crippen molar-refractivity contribution in [1.82, 2.24) is 10.6 Å². The molecule has 3 amide bonds. The van der Waals surface area contributed by atoms with E-state index in [-0.39, 0.29) is 12.1 Å². The van der Waals surface area contributed by atoms with E-state index in [1.165, 1.54) is 11.1 Å². The molecule has 1 atom stereocenters. The van der Waals surface area contributed by atoms with Crippen LogP contribution in [-0.2, 0) is 6.54 Å². The lowest BCUT2D eigenvalue weighted by atomic mass is 10.0. The Kier molecular flexibility index (Phi) is 5.58. The van der Waals surface area contributed by atoms with E-state index in [1.807, 2.05) is 26.8 Å². The molecule has 2 rings (SSSR count). The second-order valence-electron chi connectivity index (χ2n) is 6.03. The molecule has 0 aliphatic heterocycles. The van der Waals surface area contributed by atoms with Crippen molar-refractivity contribution >= 4 is 11.9 Å². The molecule has 0 radical (unpaired) electrons. The van der Waals surface area contributed by atoms with Gasteiger partial charge in [-0.05, 0) is 44.0 Å². The molecule has 4 N–H and O–H groups in total. The molecule has 0 aliphatic rings. The summed E-state index contributed by atoms with van der Waals surface area (Å²) in [6.07, 6.45) is 0. The van der Waals surface area contributed by atoms with Crippen LogP contribution in [0.3, 0.4) is 0 Å². The number of hydrogen-bond acceptors (Lipinski definition) is 2. The van der Waals surface area contributed by atoms with E-state index < -0.39 is 5.91 Å². The number of hydrogen-bond donors (Lipinski definition) is 3. The van der Waals surface area contributed by atoms with Crippen molar-refractivity contribution in [3.05, 3.63) is 70.3 Å². The molecule has 24 heavy (non-hydrogen) atoms. The molecule has 2 aromatic carbocycles. The van der Waals surface area contributed by atoms with Gasteiger partial charge < -0.3 is 16.4 Å². The quantitative estimate of drug-likeness (QED) is 0.789. The number of primary amides is 1. The average molecular weight is 325 g/mol. The predicted molar refractivity (Wildman–Crippen MR) is 94.7 cm³/mol. The van der Waals surface area contributed by atoms with Gasteiger partial charge in [0.1, 0.15) is 0 Å². The van der Waals surface area contributed by atoms with Crippen molar-refractivity contribution in [2.75, 3.05) is 0 Å². The van der Waals surface area contributed by atoms with Crippen molar-refractivity contribution in [1.29, 1.82) is 0 Å². The Morgan fingerprint density at radius 2 is 1.75 bits per heavy atom. The number of aryl methyl sites for hydroxylation is 2. The van der Waals surface area contributed by atoms with E-state index >= 15 is 0 Å². The molecule has 0 saturated heterocycles. The van der Waals surface area contributed by atoms with E-state index in [2.05, 4.69) is 28.8 Å². The van der Waals surface area contributed by atoms with Crippen molar-refractivity contribution in [2.24, 2.45) is 5.73 Å². The number of nitrogens with one attached hydrogen (secondary N) is 2. The summed E-state index contributed by atoms with van der Waals surface area (Å²) in [7, 11) is 0. The third kappa shape index (κ3) is 4.84. The summed E-state index contributed by atoms with van der Waals surface area (Å²) in [5.41, 5.74) is 9.91. The number of benzene rings is 2. The number of rotatable bonds is 5. The third-order valence-corrected chi connectivity index (χ3v) is 3.76. The Bertz CT molecular complexity index is 736. The van der Waals surface area contributed by atoms with Gasteiger partial charge in [0, 0.05) is 12.1 Å². The van der Waals surface area contributed by atoms with Crippen LogP contribution in [-0.4, -0.2) is 11.9 Å². The van der Waals surface area contributed by atoms with E-state index in [0.717, 1.165) is 11.1 Å². The Morgan fingerprint density at radius 3 is 2.38 bits per heavy atom. The highest BCUT2D eigenvalue weighted by molar-refractivity contribution is 5.92. The fraction of sp³-hybridized carbons (Fsp3) is 0.263. The van der Waals surface area contributed by atoms with Crippen molar-refractivity contribution in [3.63, 3.8) is 0 Å². The maximum atomic E-state index is 12.1. The standard InChI is InChI=1S/C19H23N3O2/c1-12-7-13(2)9-17(8-12)14(3)22-19(24)21-11-15-5-4-6-16(10-15)18(20)23/h4-10,14H,11H2,1-3H3,(H2,20,23)(H2,21,22,24)/t14-/m0/s1. The fourth-order valence-corrected chi connectivity index (χ4v) is 2.61. The van der Waals surface area contributed by atoms with Crippen LogP contribution in [0.15, 0.2) is 42.5 Å². The Morgan fingerprint density at radius 1 is 1.08 bits per heavy atom. The van der Waals surface area contributed by atoms with Gasteiger partial charge in [0.15, 0.2) is 0 Å². The van der Waals surface area contributed by atoms with Gasteiger partial charge >= 0.3 is 6.03 Å². The minimum absolute atomic E-state index is 0.0967. The lowest BCUT2D eigenvalue weighted by molar-refractivity contribution is 0.1000. The summed E-state index contributed by atoms with van der Waals surface area (Å²) < 4.78 is 0. The monoisotopic (exact) mass is 325 g/mol. The van der Waals surface area contributed by atoms with Gasteiger partial charge in [-0.1, -0.05) is 41.5 Å². The van der Waals surface area contributed by atoms with Gasteiger partial charge in [0.05, 0.1) is 6.04 Å². The number of carbonyl (C=O) groups excluding carboxylic acids is 2. The summed E-state index contributed by atoms with van der Waals surface area (Å²) in [6, 6.07) is 12.8. The number of nitrogens with two attached hydrogens (primary N) is 1. The zero-order valence-electron chi connectivity index (χ0n) is 14.2. The number of urea groups is 1. The first kappa shape index (κ1) is 17.5. The molecule has 2 aromatic rings. The summed E-state index contributed by atoms with van der Waals surface area (Å²) in [4.78, 5) is 23.2. The average Bonchev–Trinajstić information content (AvgIpc) is 2.52.